The first-order valence-electron chi connectivity index (χ1n) is 4.90. The van der Waals surface area contributed by atoms with E-state index in [9.17, 15) is 4.91 Å². The van der Waals surface area contributed by atoms with Gasteiger partial charge in [-0.3, -0.25) is 0 Å². The van der Waals surface area contributed by atoms with Crippen LogP contribution in [0.3, 0.4) is 0 Å². The van der Waals surface area contributed by atoms with E-state index in [1.165, 1.54) is 12.8 Å². The lowest BCUT2D eigenvalue weighted by molar-refractivity contribution is 0.0456. The highest BCUT2D eigenvalue weighted by Gasteiger charge is 2.30. The van der Waals surface area contributed by atoms with Gasteiger partial charge in [0.05, 0.1) is 12.7 Å². The second-order valence-electron chi connectivity index (χ2n) is 3.40. The SMILES string of the molecule is CC=CCC(OCCN=O)C1CC1. The summed E-state index contributed by atoms with van der Waals surface area (Å²) in [6.07, 6.45) is 8.00. The molecule has 1 fully saturated rings. The highest BCUT2D eigenvalue weighted by Crippen LogP contribution is 2.35. The molecule has 1 saturated carbocycles. The van der Waals surface area contributed by atoms with E-state index >= 15 is 0 Å². The first kappa shape index (κ1) is 10.4. The molecule has 0 aliphatic heterocycles. The summed E-state index contributed by atoms with van der Waals surface area (Å²) in [5.41, 5.74) is 0. The van der Waals surface area contributed by atoms with Gasteiger partial charge in [-0.2, -0.15) is 4.91 Å². The van der Waals surface area contributed by atoms with Crippen LogP contribution in [-0.2, 0) is 4.74 Å². The molecule has 1 aliphatic rings. The highest BCUT2D eigenvalue weighted by atomic mass is 16.5. The first-order valence-corrected chi connectivity index (χ1v) is 4.90. The van der Waals surface area contributed by atoms with Gasteiger partial charge in [-0.1, -0.05) is 17.3 Å². The molecule has 0 aromatic heterocycles. The fourth-order valence-corrected chi connectivity index (χ4v) is 1.38. The fraction of sp³-hybridized carbons (Fsp3) is 0.800. The van der Waals surface area contributed by atoms with Gasteiger partial charge >= 0.3 is 0 Å². The Morgan fingerprint density at radius 3 is 2.92 bits per heavy atom. The lowest BCUT2D eigenvalue weighted by Gasteiger charge is -2.14. The number of ether oxygens (including phenoxy) is 1. The molecule has 0 saturated heterocycles. The Morgan fingerprint density at radius 1 is 1.62 bits per heavy atom. The van der Waals surface area contributed by atoms with Gasteiger partial charge in [-0.15, -0.1) is 0 Å². The van der Waals surface area contributed by atoms with Crippen LogP contribution < -0.4 is 0 Å². The van der Waals surface area contributed by atoms with E-state index < -0.39 is 0 Å². The number of hydrogen-bond acceptors (Lipinski definition) is 3. The molecule has 1 unspecified atom stereocenters. The lowest BCUT2D eigenvalue weighted by atomic mass is 10.1. The zero-order chi connectivity index (χ0) is 9.52. The van der Waals surface area contributed by atoms with E-state index in [2.05, 4.69) is 11.3 Å². The van der Waals surface area contributed by atoms with Crippen molar-refractivity contribution in [3.63, 3.8) is 0 Å². The van der Waals surface area contributed by atoms with Crippen LogP contribution in [0.15, 0.2) is 17.3 Å². The maximum absolute atomic E-state index is 9.84. The topological polar surface area (TPSA) is 38.7 Å². The van der Waals surface area contributed by atoms with Crippen molar-refractivity contribution in [1.82, 2.24) is 0 Å². The Labute approximate surface area is 79.1 Å². The third kappa shape index (κ3) is 4.18. The van der Waals surface area contributed by atoms with Crippen molar-refractivity contribution in [2.45, 2.75) is 32.3 Å². The molecule has 0 aromatic rings. The van der Waals surface area contributed by atoms with Crippen LogP contribution in [0, 0.1) is 10.8 Å². The average molecular weight is 183 g/mol. The van der Waals surface area contributed by atoms with Crippen molar-refractivity contribution in [3.8, 4) is 0 Å². The van der Waals surface area contributed by atoms with Gasteiger partial charge in [-0.25, -0.2) is 0 Å². The quantitative estimate of drug-likeness (QED) is 0.345. The standard InChI is InChI=1S/C10H17NO2/c1-2-3-4-10(9-5-6-9)13-8-7-11-12/h2-3,9-10H,4-8H2,1H3. The lowest BCUT2D eigenvalue weighted by Crippen LogP contribution is -2.16. The summed E-state index contributed by atoms with van der Waals surface area (Å²) in [7, 11) is 0. The molecule has 1 rings (SSSR count). The van der Waals surface area contributed by atoms with Crippen LogP contribution in [0.2, 0.25) is 0 Å². The molecule has 0 spiro atoms. The molecular formula is C10H17NO2. The molecular weight excluding hydrogens is 166 g/mol. The van der Waals surface area contributed by atoms with Crippen LogP contribution in [0.25, 0.3) is 0 Å². The van der Waals surface area contributed by atoms with Crippen LogP contribution in [0.1, 0.15) is 26.2 Å². The summed E-state index contributed by atoms with van der Waals surface area (Å²) in [6.45, 7) is 2.76. The zero-order valence-corrected chi connectivity index (χ0v) is 8.11. The summed E-state index contributed by atoms with van der Waals surface area (Å²) >= 11 is 0. The molecule has 13 heavy (non-hydrogen) atoms. The van der Waals surface area contributed by atoms with E-state index in [0.29, 0.717) is 12.7 Å². The van der Waals surface area contributed by atoms with Crippen molar-refractivity contribution >= 4 is 0 Å². The number of nitroso groups, excluding NO2 is 1. The minimum Gasteiger partial charge on any atom is -0.376 e. The Hall–Kier alpha value is -0.700. The fourth-order valence-electron chi connectivity index (χ4n) is 1.38. The van der Waals surface area contributed by atoms with Gasteiger partial charge in [0.1, 0.15) is 6.54 Å². The van der Waals surface area contributed by atoms with Crippen molar-refractivity contribution in [3.05, 3.63) is 17.1 Å². The van der Waals surface area contributed by atoms with Gasteiger partial charge in [0.25, 0.3) is 0 Å². The van der Waals surface area contributed by atoms with E-state index in [-0.39, 0.29) is 6.54 Å². The Balaban J connectivity index is 2.16. The van der Waals surface area contributed by atoms with E-state index in [1.54, 1.807) is 0 Å². The Bertz CT molecular complexity index is 176. The molecule has 0 N–H and O–H groups in total. The molecule has 0 bridgehead atoms. The van der Waals surface area contributed by atoms with Gasteiger partial charge in [-0.05, 0) is 32.1 Å². The minimum atomic E-state index is 0.277. The molecule has 3 heteroatoms. The minimum absolute atomic E-state index is 0.277. The predicted octanol–water partition coefficient (Wildman–Crippen LogP) is 2.51. The Morgan fingerprint density at radius 2 is 2.38 bits per heavy atom. The van der Waals surface area contributed by atoms with Gasteiger partial charge in [0.2, 0.25) is 0 Å². The summed E-state index contributed by atoms with van der Waals surface area (Å²) in [6, 6.07) is 0. The van der Waals surface area contributed by atoms with Crippen LogP contribution in [0.5, 0.6) is 0 Å². The normalized spacial score (nSPS) is 19.2. The van der Waals surface area contributed by atoms with Gasteiger partial charge < -0.3 is 4.74 Å². The second kappa shape index (κ2) is 5.86. The second-order valence-corrected chi connectivity index (χ2v) is 3.40. The van der Waals surface area contributed by atoms with E-state index in [1.807, 2.05) is 13.0 Å². The molecule has 0 heterocycles. The summed E-state index contributed by atoms with van der Waals surface area (Å²) in [5, 5.41) is 2.77. The molecule has 1 atom stereocenters. The van der Waals surface area contributed by atoms with Gasteiger partial charge in [0.15, 0.2) is 0 Å². The average Bonchev–Trinajstić information content (AvgIpc) is 2.94. The first-order chi connectivity index (χ1) is 6.38. The predicted molar refractivity (Wildman–Crippen MR) is 52.6 cm³/mol. The molecule has 0 radical (unpaired) electrons. The third-order valence-corrected chi connectivity index (χ3v) is 2.27. The van der Waals surface area contributed by atoms with Crippen molar-refractivity contribution in [2.75, 3.05) is 13.2 Å². The number of hydrogen-bond donors (Lipinski definition) is 0. The Kier molecular flexibility index (Phi) is 4.68. The van der Waals surface area contributed by atoms with Crippen LogP contribution in [0.4, 0.5) is 0 Å². The highest BCUT2D eigenvalue weighted by molar-refractivity contribution is 4.89. The van der Waals surface area contributed by atoms with Crippen LogP contribution >= 0.6 is 0 Å². The molecule has 1 aliphatic carbocycles. The smallest absolute Gasteiger partial charge is 0.104 e. The molecule has 0 amide bonds. The monoisotopic (exact) mass is 183 g/mol. The molecule has 74 valence electrons. The number of nitrogens with zero attached hydrogens (tertiary/aromatic N) is 1. The summed E-state index contributed by atoms with van der Waals surface area (Å²) in [5.74, 6) is 0.725. The van der Waals surface area contributed by atoms with Crippen molar-refractivity contribution in [2.24, 2.45) is 11.1 Å². The zero-order valence-electron chi connectivity index (χ0n) is 8.11. The largest absolute Gasteiger partial charge is 0.376 e. The number of allylic oxidation sites excluding steroid dienone is 1. The summed E-state index contributed by atoms with van der Waals surface area (Å²) < 4.78 is 5.56. The van der Waals surface area contributed by atoms with Crippen molar-refractivity contribution in [1.29, 1.82) is 0 Å². The summed E-state index contributed by atoms with van der Waals surface area (Å²) in [4.78, 5) is 9.84. The van der Waals surface area contributed by atoms with Crippen molar-refractivity contribution < 1.29 is 4.74 Å². The maximum atomic E-state index is 9.84. The number of rotatable bonds is 7. The molecule has 0 aromatic carbocycles. The molecule has 3 nitrogen and oxygen atoms in total. The third-order valence-electron chi connectivity index (χ3n) is 2.27. The van der Waals surface area contributed by atoms with E-state index in [4.69, 9.17) is 4.74 Å². The van der Waals surface area contributed by atoms with Gasteiger partial charge in [0, 0.05) is 0 Å². The van der Waals surface area contributed by atoms with E-state index in [0.717, 1.165) is 12.3 Å². The maximum Gasteiger partial charge on any atom is 0.104 e. The van der Waals surface area contributed by atoms with Crippen LogP contribution in [-0.4, -0.2) is 19.3 Å².